The van der Waals surface area contributed by atoms with Crippen LogP contribution in [0.1, 0.15) is 60.1 Å². The minimum atomic E-state index is -1.03. The van der Waals surface area contributed by atoms with Crippen LogP contribution in [0.4, 0.5) is 0 Å². The minimum absolute atomic E-state index is 0.0102. The van der Waals surface area contributed by atoms with E-state index in [1.165, 1.54) is 12.0 Å². The number of piperidine rings is 1. The number of nitrogens with two attached hydrogens (primary N) is 3. The van der Waals surface area contributed by atoms with Crippen molar-refractivity contribution in [2.75, 3.05) is 20.3 Å². The largest absolute Gasteiger partial charge is 0.375 e. The molecule has 5 amide bonds. The van der Waals surface area contributed by atoms with Gasteiger partial charge in [0, 0.05) is 13.7 Å². The van der Waals surface area contributed by atoms with Crippen molar-refractivity contribution >= 4 is 29.5 Å². The molecule has 0 spiro atoms. The number of methoxy groups -OCH3 is 1. The highest BCUT2D eigenvalue weighted by molar-refractivity contribution is 6.03. The fourth-order valence-corrected chi connectivity index (χ4v) is 3.85. The molecule has 0 bridgehead atoms. The molecule has 3 atom stereocenters. The first-order chi connectivity index (χ1) is 15.5. The summed E-state index contributed by atoms with van der Waals surface area (Å²) in [6.45, 7) is 3.61. The van der Waals surface area contributed by atoms with E-state index in [1.54, 1.807) is 0 Å². The van der Waals surface area contributed by atoms with Crippen LogP contribution in [-0.2, 0) is 19.1 Å². The van der Waals surface area contributed by atoms with E-state index in [4.69, 9.17) is 21.9 Å². The van der Waals surface area contributed by atoms with Gasteiger partial charge in [0.15, 0.2) is 11.4 Å². The predicted molar refractivity (Wildman–Crippen MR) is 113 cm³/mol. The number of primary amides is 3. The van der Waals surface area contributed by atoms with E-state index < -0.39 is 47.7 Å². The van der Waals surface area contributed by atoms with Gasteiger partial charge in [-0.05, 0) is 25.2 Å². The lowest BCUT2D eigenvalue weighted by Crippen LogP contribution is -2.57. The zero-order valence-corrected chi connectivity index (χ0v) is 18.8. The van der Waals surface area contributed by atoms with Gasteiger partial charge in [0.2, 0.25) is 17.7 Å². The van der Waals surface area contributed by atoms with Gasteiger partial charge in [-0.15, -0.1) is 5.10 Å². The van der Waals surface area contributed by atoms with Crippen molar-refractivity contribution in [3.8, 4) is 0 Å². The Morgan fingerprint density at radius 2 is 1.82 bits per heavy atom. The van der Waals surface area contributed by atoms with E-state index in [9.17, 15) is 24.0 Å². The predicted octanol–water partition coefficient (Wildman–Crippen LogP) is -2.33. The molecular formula is C19H30N8O6. The minimum Gasteiger partial charge on any atom is -0.375 e. The Kier molecular flexibility index (Phi) is 8.45. The van der Waals surface area contributed by atoms with E-state index >= 15 is 0 Å². The first kappa shape index (κ1) is 25.7. The van der Waals surface area contributed by atoms with Gasteiger partial charge in [-0.25, -0.2) is 4.68 Å². The number of aromatic nitrogens is 3. The molecule has 3 unspecified atom stereocenters. The molecule has 14 heteroatoms. The van der Waals surface area contributed by atoms with Gasteiger partial charge < -0.3 is 32.2 Å². The molecule has 1 saturated heterocycles. The first-order valence-electron chi connectivity index (χ1n) is 10.4. The summed E-state index contributed by atoms with van der Waals surface area (Å²) in [6, 6.07) is -2.55. The third-order valence-electron chi connectivity index (χ3n) is 5.34. The number of nitrogens with one attached hydrogen (secondary N) is 1. The van der Waals surface area contributed by atoms with Gasteiger partial charge in [0.1, 0.15) is 18.7 Å². The van der Waals surface area contributed by atoms with Crippen molar-refractivity contribution in [3.63, 3.8) is 0 Å². The number of carbonyl (C=O) groups is 5. The topological polar surface area (TPSA) is 219 Å². The van der Waals surface area contributed by atoms with Gasteiger partial charge in [-0.3, -0.25) is 24.0 Å². The average molecular weight is 466 g/mol. The highest BCUT2D eigenvalue weighted by Crippen LogP contribution is 2.29. The van der Waals surface area contributed by atoms with Crippen LogP contribution in [0.15, 0.2) is 0 Å². The molecule has 7 N–H and O–H groups in total. The van der Waals surface area contributed by atoms with Crippen LogP contribution in [0, 0.1) is 5.92 Å². The third-order valence-corrected chi connectivity index (χ3v) is 5.34. The van der Waals surface area contributed by atoms with Crippen molar-refractivity contribution in [2.45, 2.75) is 51.2 Å². The molecular weight excluding hydrogens is 436 g/mol. The van der Waals surface area contributed by atoms with Crippen molar-refractivity contribution in [1.82, 2.24) is 25.2 Å². The number of amides is 5. The summed E-state index contributed by atoms with van der Waals surface area (Å²) in [7, 11) is 1.35. The Morgan fingerprint density at radius 3 is 2.33 bits per heavy atom. The van der Waals surface area contributed by atoms with E-state index in [1.807, 2.05) is 13.8 Å². The Hall–Kier alpha value is -3.55. The first-order valence-corrected chi connectivity index (χ1v) is 10.4. The zero-order valence-electron chi connectivity index (χ0n) is 18.8. The molecule has 0 aliphatic carbocycles. The van der Waals surface area contributed by atoms with E-state index in [0.29, 0.717) is 6.42 Å². The van der Waals surface area contributed by atoms with E-state index in [-0.39, 0.29) is 43.3 Å². The molecule has 1 aromatic rings. The number of likely N-dealkylation sites (tertiary alicyclic amines) is 1. The monoisotopic (exact) mass is 466 g/mol. The maximum absolute atomic E-state index is 13.2. The molecule has 1 aliphatic rings. The van der Waals surface area contributed by atoms with Gasteiger partial charge in [-0.1, -0.05) is 19.1 Å². The standard InChI is InChI=1S/C19H30N8O6/c1-9(2)6-11(16(20)29)23-19(32)12-7-10(4-5-26(12)13(28)8-33-3)27-15(18(22)31)14(17(21)30)24-25-27/h9-12H,4-8H2,1-3H3,(H2,20,29)(H2,21,30)(H2,22,31)(H,23,32). The van der Waals surface area contributed by atoms with Crippen LogP contribution >= 0.6 is 0 Å². The molecule has 182 valence electrons. The lowest BCUT2D eigenvalue weighted by atomic mass is 9.95. The number of carbonyl (C=O) groups excluding carboxylic acids is 5. The van der Waals surface area contributed by atoms with Crippen molar-refractivity contribution in [3.05, 3.63) is 11.4 Å². The zero-order chi connectivity index (χ0) is 24.9. The number of nitrogens with zero attached hydrogens (tertiary/aromatic N) is 4. The van der Waals surface area contributed by atoms with Gasteiger partial charge in [-0.2, -0.15) is 0 Å². The Morgan fingerprint density at radius 1 is 1.15 bits per heavy atom. The van der Waals surface area contributed by atoms with Crippen LogP contribution in [0.25, 0.3) is 0 Å². The SMILES string of the molecule is COCC(=O)N1CCC(n2nnc(C(N)=O)c2C(N)=O)CC1C(=O)NC(CC(C)C)C(N)=O. The molecule has 2 heterocycles. The van der Waals surface area contributed by atoms with Crippen LogP contribution < -0.4 is 22.5 Å². The molecule has 0 radical (unpaired) electrons. The van der Waals surface area contributed by atoms with Crippen molar-refractivity contribution < 1.29 is 28.7 Å². The summed E-state index contributed by atoms with van der Waals surface area (Å²) in [6.07, 6.45) is 0.614. The number of ether oxygens (including phenoxy) is 1. The number of hydrogen-bond donors (Lipinski definition) is 4. The average Bonchev–Trinajstić information content (AvgIpc) is 3.18. The van der Waals surface area contributed by atoms with Gasteiger partial charge in [0.05, 0.1) is 6.04 Å². The summed E-state index contributed by atoms with van der Waals surface area (Å²) in [5.74, 6) is -3.58. The molecule has 1 fully saturated rings. The quantitative estimate of drug-likeness (QED) is 0.292. The normalized spacial score (nSPS) is 19.2. The van der Waals surface area contributed by atoms with Crippen LogP contribution in [0.3, 0.4) is 0 Å². The molecule has 14 nitrogen and oxygen atoms in total. The smallest absolute Gasteiger partial charge is 0.271 e. The second kappa shape index (κ2) is 10.8. The fraction of sp³-hybridized carbons (Fsp3) is 0.632. The van der Waals surface area contributed by atoms with Crippen molar-refractivity contribution in [1.29, 1.82) is 0 Å². The molecule has 0 aromatic carbocycles. The summed E-state index contributed by atoms with van der Waals surface area (Å²) in [5, 5.41) is 10.1. The second-order valence-electron chi connectivity index (χ2n) is 8.27. The summed E-state index contributed by atoms with van der Waals surface area (Å²) < 4.78 is 6.06. The fourth-order valence-electron chi connectivity index (χ4n) is 3.85. The lowest BCUT2D eigenvalue weighted by Gasteiger charge is -2.39. The van der Waals surface area contributed by atoms with Gasteiger partial charge >= 0.3 is 0 Å². The van der Waals surface area contributed by atoms with Gasteiger partial charge in [0.25, 0.3) is 11.8 Å². The Bertz CT molecular complexity index is 929. The number of rotatable bonds is 10. The third kappa shape index (κ3) is 6.03. The molecule has 1 aliphatic heterocycles. The summed E-state index contributed by atoms with van der Waals surface area (Å²) in [4.78, 5) is 62.5. The van der Waals surface area contributed by atoms with E-state index in [2.05, 4.69) is 15.6 Å². The van der Waals surface area contributed by atoms with E-state index in [0.717, 1.165) is 4.68 Å². The lowest BCUT2D eigenvalue weighted by molar-refractivity contribution is -0.146. The van der Waals surface area contributed by atoms with Crippen molar-refractivity contribution in [2.24, 2.45) is 23.1 Å². The molecule has 33 heavy (non-hydrogen) atoms. The Balaban J connectivity index is 2.37. The molecule has 0 saturated carbocycles. The van der Waals surface area contributed by atoms with Crippen LogP contribution in [0.2, 0.25) is 0 Å². The van der Waals surface area contributed by atoms with Crippen LogP contribution in [-0.4, -0.2) is 81.8 Å². The summed E-state index contributed by atoms with van der Waals surface area (Å²) in [5.41, 5.74) is 15.4. The maximum Gasteiger partial charge on any atom is 0.271 e. The maximum atomic E-state index is 13.2. The Labute approximate surface area is 190 Å². The highest BCUT2D eigenvalue weighted by atomic mass is 16.5. The molecule has 1 aromatic heterocycles. The molecule has 2 rings (SSSR count). The summed E-state index contributed by atoms with van der Waals surface area (Å²) >= 11 is 0. The highest BCUT2D eigenvalue weighted by Gasteiger charge is 2.40. The van der Waals surface area contributed by atoms with Crippen LogP contribution in [0.5, 0.6) is 0 Å². The number of hydrogen-bond acceptors (Lipinski definition) is 8. The second-order valence-corrected chi connectivity index (χ2v) is 8.27.